The lowest BCUT2D eigenvalue weighted by molar-refractivity contribution is -0.131. The monoisotopic (exact) mass is 325 g/mol. The van der Waals surface area contributed by atoms with Gasteiger partial charge in [-0.05, 0) is 12.8 Å². The quantitative estimate of drug-likeness (QED) is 0.272. The van der Waals surface area contributed by atoms with E-state index in [2.05, 4.69) is 18.7 Å². The number of carbonyl (C=O) groups is 1. The normalized spacial score (nSPS) is 10.9. The summed E-state index contributed by atoms with van der Waals surface area (Å²) >= 11 is 0. The molecule has 0 aliphatic heterocycles. The van der Waals surface area contributed by atoms with Gasteiger partial charge < -0.3 is 4.90 Å². The van der Waals surface area contributed by atoms with Crippen molar-refractivity contribution in [2.45, 2.75) is 117 Å². The zero-order chi connectivity index (χ0) is 17.2. The third-order valence-electron chi connectivity index (χ3n) is 4.72. The lowest BCUT2D eigenvalue weighted by Gasteiger charge is -2.22. The van der Waals surface area contributed by atoms with Gasteiger partial charge in [-0.2, -0.15) is 0 Å². The Kier molecular flexibility index (Phi) is 17.4. The number of rotatable bonds is 17. The smallest absolute Gasteiger partial charge is 0.222 e. The second-order valence-corrected chi connectivity index (χ2v) is 6.98. The standard InChI is InChI=1S/C21H43NO/c1-4-7-9-11-13-15-17-19-22(21(23)6-3)20-18-16-14-12-10-8-5-2/h4-20H2,1-3H3. The highest BCUT2D eigenvalue weighted by Crippen LogP contribution is 2.10. The minimum Gasteiger partial charge on any atom is -0.343 e. The molecule has 0 heterocycles. The first kappa shape index (κ1) is 22.5. The summed E-state index contributed by atoms with van der Waals surface area (Å²) in [6.07, 6.45) is 19.2. The van der Waals surface area contributed by atoms with Crippen LogP contribution in [-0.4, -0.2) is 23.9 Å². The van der Waals surface area contributed by atoms with Gasteiger partial charge in [-0.15, -0.1) is 0 Å². The molecule has 0 unspecified atom stereocenters. The van der Waals surface area contributed by atoms with E-state index in [4.69, 9.17) is 0 Å². The first-order chi connectivity index (χ1) is 11.3. The molecule has 0 aromatic rings. The molecule has 0 aliphatic carbocycles. The maximum Gasteiger partial charge on any atom is 0.222 e. The van der Waals surface area contributed by atoms with Crippen LogP contribution in [0.3, 0.4) is 0 Å². The van der Waals surface area contributed by atoms with E-state index < -0.39 is 0 Å². The molecule has 0 atom stereocenters. The zero-order valence-corrected chi connectivity index (χ0v) is 16.4. The van der Waals surface area contributed by atoms with Gasteiger partial charge in [0.2, 0.25) is 5.91 Å². The van der Waals surface area contributed by atoms with Crippen LogP contribution < -0.4 is 0 Å². The number of hydrogen-bond donors (Lipinski definition) is 0. The van der Waals surface area contributed by atoms with Gasteiger partial charge in [0, 0.05) is 19.5 Å². The average molecular weight is 326 g/mol. The van der Waals surface area contributed by atoms with Gasteiger partial charge in [0.05, 0.1) is 0 Å². The van der Waals surface area contributed by atoms with Gasteiger partial charge in [0.25, 0.3) is 0 Å². The van der Waals surface area contributed by atoms with Crippen molar-refractivity contribution in [3.63, 3.8) is 0 Å². The second-order valence-electron chi connectivity index (χ2n) is 6.98. The lowest BCUT2D eigenvalue weighted by Crippen LogP contribution is -2.32. The maximum absolute atomic E-state index is 12.0. The van der Waals surface area contributed by atoms with Crippen molar-refractivity contribution in [1.29, 1.82) is 0 Å². The summed E-state index contributed by atoms with van der Waals surface area (Å²) in [7, 11) is 0. The Labute approximate surface area is 146 Å². The maximum atomic E-state index is 12.0. The van der Waals surface area contributed by atoms with Gasteiger partial charge >= 0.3 is 0 Å². The summed E-state index contributed by atoms with van der Waals surface area (Å²) in [5.41, 5.74) is 0. The molecule has 2 nitrogen and oxygen atoms in total. The fourth-order valence-corrected chi connectivity index (χ4v) is 3.10. The predicted octanol–water partition coefficient (Wildman–Crippen LogP) is 6.73. The van der Waals surface area contributed by atoms with Crippen molar-refractivity contribution >= 4 is 5.91 Å². The van der Waals surface area contributed by atoms with Crippen LogP contribution in [0, 0.1) is 0 Å². The summed E-state index contributed by atoms with van der Waals surface area (Å²) in [5, 5.41) is 0. The molecular weight excluding hydrogens is 282 g/mol. The van der Waals surface area contributed by atoms with E-state index in [-0.39, 0.29) is 0 Å². The molecule has 0 rings (SSSR count). The van der Waals surface area contributed by atoms with Gasteiger partial charge in [-0.25, -0.2) is 0 Å². The molecule has 0 aliphatic rings. The summed E-state index contributed by atoms with van der Waals surface area (Å²) in [6, 6.07) is 0. The minimum atomic E-state index is 0.349. The predicted molar refractivity (Wildman–Crippen MR) is 103 cm³/mol. The molecule has 0 N–H and O–H groups in total. The van der Waals surface area contributed by atoms with Crippen LogP contribution in [0.4, 0.5) is 0 Å². The average Bonchev–Trinajstić information content (AvgIpc) is 2.57. The lowest BCUT2D eigenvalue weighted by atomic mass is 10.1. The van der Waals surface area contributed by atoms with Crippen LogP contribution in [0.25, 0.3) is 0 Å². The molecule has 0 fully saturated rings. The Morgan fingerprint density at radius 3 is 1.26 bits per heavy atom. The summed E-state index contributed by atoms with van der Waals surface area (Å²) in [5.74, 6) is 0.349. The number of amides is 1. The largest absolute Gasteiger partial charge is 0.343 e. The van der Waals surface area contributed by atoms with E-state index in [1.807, 2.05) is 6.92 Å². The molecule has 0 saturated heterocycles. The molecule has 0 spiro atoms. The number of unbranched alkanes of at least 4 members (excludes halogenated alkanes) is 12. The van der Waals surface area contributed by atoms with Crippen molar-refractivity contribution in [2.75, 3.05) is 13.1 Å². The van der Waals surface area contributed by atoms with Gasteiger partial charge in [0.1, 0.15) is 0 Å². The number of carbonyl (C=O) groups excluding carboxylic acids is 1. The molecule has 0 aromatic carbocycles. The van der Waals surface area contributed by atoms with Crippen molar-refractivity contribution in [3.05, 3.63) is 0 Å². The van der Waals surface area contributed by atoms with E-state index >= 15 is 0 Å². The molecule has 0 aromatic heterocycles. The van der Waals surface area contributed by atoms with Crippen LogP contribution in [-0.2, 0) is 4.79 Å². The molecule has 0 bridgehead atoms. The third kappa shape index (κ3) is 14.8. The van der Waals surface area contributed by atoms with Crippen molar-refractivity contribution in [2.24, 2.45) is 0 Å². The molecule has 0 radical (unpaired) electrons. The number of nitrogens with zero attached hydrogens (tertiary/aromatic N) is 1. The molecule has 23 heavy (non-hydrogen) atoms. The topological polar surface area (TPSA) is 20.3 Å². The van der Waals surface area contributed by atoms with E-state index in [0.29, 0.717) is 12.3 Å². The Bertz CT molecular complexity index is 234. The van der Waals surface area contributed by atoms with Gasteiger partial charge in [-0.1, -0.05) is 97.8 Å². The van der Waals surface area contributed by atoms with Gasteiger partial charge in [0.15, 0.2) is 0 Å². The molecule has 1 amide bonds. The highest BCUT2D eigenvalue weighted by Gasteiger charge is 2.10. The van der Waals surface area contributed by atoms with Crippen molar-refractivity contribution in [3.8, 4) is 0 Å². The van der Waals surface area contributed by atoms with Crippen LogP contribution in [0.2, 0.25) is 0 Å². The first-order valence-corrected chi connectivity index (χ1v) is 10.5. The van der Waals surface area contributed by atoms with Crippen LogP contribution in [0.5, 0.6) is 0 Å². The molecule has 138 valence electrons. The molecular formula is C21H43NO. The van der Waals surface area contributed by atoms with Crippen molar-refractivity contribution in [1.82, 2.24) is 4.90 Å². The summed E-state index contributed by atoms with van der Waals surface area (Å²) in [4.78, 5) is 14.2. The van der Waals surface area contributed by atoms with Crippen LogP contribution >= 0.6 is 0 Å². The fourth-order valence-electron chi connectivity index (χ4n) is 3.10. The third-order valence-corrected chi connectivity index (χ3v) is 4.72. The Hall–Kier alpha value is -0.530. The van der Waals surface area contributed by atoms with E-state index in [1.54, 1.807) is 0 Å². The Morgan fingerprint density at radius 2 is 0.913 bits per heavy atom. The highest BCUT2D eigenvalue weighted by atomic mass is 16.2. The zero-order valence-electron chi connectivity index (χ0n) is 16.4. The van der Waals surface area contributed by atoms with Crippen LogP contribution in [0.1, 0.15) is 117 Å². The summed E-state index contributed by atoms with van der Waals surface area (Å²) < 4.78 is 0. The number of hydrogen-bond acceptors (Lipinski definition) is 1. The fraction of sp³-hybridized carbons (Fsp3) is 0.952. The van der Waals surface area contributed by atoms with E-state index in [9.17, 15) is 4.79 Å². The molecule has 0 saturated carbocycles. The van der Waals surface area contributed by atoms with Crippen molar-refractivity contribution < 1.29 is 4.79 Å². The Balaban J connectivity index is 3.67. The van der Waals surface area contributed by atoms with Gasteiger partial charge in [-0.3, -0.25) is 4.79 Å². The molecule has 2 heteroatoms. The SMILES string of the molecule is CCCCCCCCCN(CCCCCCCCC)C(=O)CC. The highest BCUT2D eigenvalue weighted by molar-refractivity contribution is 5.75. The summed E-state index contributed by atoms with van der Waals surface area (Å²) in [6.45, 7) is 8.48. The Morgan fingerprint density at radius 1 is 0.565 bits per heavy atom. The minimum absolute atomic E-state index is 0.349. The van der Waals surface area contributed by atoms with E-state index in [0.717, 1.165) is 13.1 Å². The van der Waals surface area contributed by atoms with Crippen LogP contribution in [0.15, 0.2) is 0 Å². The first-order valence-electron chi connectivity index (χ1n) is 10.5. The van der Waals surface area contributed by atoms with E-state index in [1.165, 1.54) is 89.9 Å². The second kappa shape index (κ2) is 17.8.